The zero-order chi connectivity index (χ0) is 8.57. The Balaban J connectivity index is -0.000000140. The van der Waals surface area contributed by atoms with E-state index < -0.39 is 16.5 Å². The van der Waals surface area contributed by atoms with E-state index in [2.05, 4.69) is 15.8 Å². The summed E-state index contributed by atoms with van der Waals surface area (Å²) in [5, 5.41) is 0. The average Bonchev–Trinajstić information content (AvgIpc) is 1.62. The van der Waals surface area contributed by atoms with Gasteiger partial charge < -0.3 is 5.48 Å². The first-order valence-corrected chi connectivity index (χ1v) is 6.09. The smallest absolute Gasteiger partial charge is 0.412 e. The fraction of sp³-hybridized carbons (Fsp3) is 0.500. The monoisotopic (exact) mass is 254 g/mol. The largest absolute Gasteiger partial charge is 0.745 e. The fourth-order valence-corrected chi connectivity index (χ4v) is 0.538. The van der Waals surface area contributed by atoms with Gasteiger partial charge in [-0.05, 0) is 0 Å². The van der Waals surface area contributed by atoms with Crippen molar-refractivity contribution in [2.75, 3.05) is 0 Å². The van der Waals surface area contributed by atoms with Gasteiger partial charge in [0.15, 0.2) is 4.31 Å². The van der Waals surface area contributed by atoms with E-state index in [9.17, 15) is 9.13 Å². The fourth-order valence-electron chi connectivity index (χ4n) is 0.0598. The van der Waals surface area contributed by atoms with Gasteiger partial charge in [0.2, 0.25) is 0 Å². The van der Waals surface area contributed by atoms with Crippen molar-refractivity contribution in [1.82, 2.24) is 0 Å². The molecule has 0 rings (SSSR count). The Hall–Kier alpha value is 0.533. The van der Waals surface area contributed by atoms with Crippen molar-refractivity contribution in [3.8, 4) is 0 Å². The minimum absolute atomic E-state index is 0. The van der Waals surface area contributed by atoms with Crippen molar-refractivity contribution < 1.29 is 46.6 Å². The summed E-state index contributed by atoms with van der Waals surface area (Å²) in [7, 11) is -5.85. The van der Waals surface area contributed by atoms with E-state index in [0.29, 0.717) is 0 Å². The Morgan fingerprint density at radius 2 is 1.55 bits per heavy atom. The van der Waals surface area contributed by atoms with E-state index >= 15 is 0 Å². The zero-order valence-corrected chi connectivity index (χ0v) is 10.6. The van der Waals surface area contributed by atoms with Gasteiger partial charge in [0.25, 0.3) is 0 Å². The minimum atomic E-state index is -2.92. The van der Waals surface area contributed by atoms with Crippen molar-refractivity contribution in [2.24, 2.45) is 0 Å². The molecule has 0 bridgehead atoms. The second-order valence-electron chi connectivity index (χ2n) is 0.966. The Morgan fingerprint density at radius 3 is 1.55 bits per heavy atom. The van der Waals surface area contributed by atoms with Gasteiger partial charge in [-0.3, -0.25) is 0 Å². The topological polar surface area (TPSA) is 115 Å². The molecule has 0 fully saturated rings. The molecule has 9 heteroatoms. The molecule has 0 saturated carbocycles. The third-order valence-electron chi connectivity index (χ3n) is 0.140. The van der Waals surface area contributed by atoms with Crippen LogP contribution < -0.4 is 0 Å². The summed E-state index contributed by atoms with van der Waals surface area (Å²) in [5.41, 5.74) is 0. The molecule has 0 aliphatic rings. The Bertz CT molecular complexity index is 125. The maximum atomic E-state index is 9.39. The summed E-state index contributed by atoms with van der Waals surface area (Å²) >= 11 is 1.32. The molecule has 2 unspecified atom stereocenters. The minimum Gasteiger partial charge on any atom is -0.412 e. The van der Waals surface area contributed by atoms with Gasteiger partial charge in [0, 0.05) is 9.13 Å². The Morgan fingerprint density at radius 1 is 1.36 bits per heavy atom. The molecule has 0 aliphatic heterocycles. The van der Waals surface area contributed by atoms with Crippen LogP contribution in [0.5, 0.6) is 0 Å². The van der Waals surface area contributed by atoms with E-state index in [1.165, 1.54) is 17.9 Å². The van der Waals surface area contributed by atoms with Gasteiger partial charge in [0.05, 0.1) is 0 Å². The normalized spacial score (nSPS) is 9.91. The van der Waals surface area contributed by atoms with E-state index in [0.717, 1.165) is 0 Å². The van der Waals surface area contributed by atoms with Gasteiger partial charge in [-0.1, -0.05) is 0 Å². The molecule has 0 radical (unpaired) electrons. The molecule has 0 heterocycles. The van der Waals surface area contributed by atoms with E-state index in [-0.39, 0.29) is 5.48 Å². The van der Waals surface area contributed by atoms with Crippen molar-refractivity contribution >= 4 is 21.1 Å². The van der Waals surface area contributed by atoms with Gasteiger partial charge in [-0.2, -0.15) is 0 Å². The van der Waals surface area contributed by atoms with Crippen LogP contribution in [0.15, 0.2) is 0 Å². The molecule has 0 aliphatic carbocycles. The molecule has 6 nitrogen and oxygen atoms in total. The standard InChI is InChI=1S/C2H4.O5P2.H2O.Zn/c1-2;1-6(2)5-7(3)4;;/h1H,2H3;;1H2;/p+2. The van der Waals surface area contributed by atoms with Crippen LogP contribution in [0.3, 0.4) is 0 Å². The summed E-state index contributed by atoms with van der Waals surface area (Å²) in [4.78, 5) is 15.3. The van der Waals surface area contributed by atoms with Gasteiger partial charge in [0.1, 0.15) is 0 Å². The van der Waals surface area contributed by atoms with Gasteiger partial charge in [-0.15, -0.1) is 9.79 Å². The van der Waals surface area contributed by atoms with Crippen molar-refractivity contribution in [3.05, 3.63) is 0 Å². The van der Waals surface area contributed by atoms with Crippen molar-refractivity contribution in [1.29, 1.82) is 0 Å². The molecule has 0 saturated heterocycles. The second kappa shape index (κ2) is 13.1. The zero-order valence-electron chi connectivity index (χ0n) is 5.80. The van der Waals surface area contributed by atoms with Gasteiger partial charge >= 0.3 is 45.9 Å². The van der Waals surface area contributed by atoms with Crippen LogP contribution in [0.4, 0.5) is 0 Å². The first-order chi connectivity index (χ1) is 4.54. The number of hydrogen-bond acceptors (Lipinski definition) is 3. The summed E-state index contributed by atoms with van der Waals surface area (Å²) in [6, 6.07) is 0. The Kier molecular flexibility index (Phi) is 21.0. The molecule has 11 heavy (non-hydrogen) atoms. The number of hydrogen-bond donors (Lipinski definition) is 2. The van der Waals surface area contributed by atoms with Crippen LogP contribution in [0.25, 0.3) is 0 Å². The predicted octanol–water partition coefficient (Wildman–Crippen LogP) is -0.167. The maximum absolute atomic E-state index is 9.39. The third-order valence-corrected chi connectivity index (χ3v) is 1.26. The quantitative estimate of drug-likeness (QED) is 0.525. The predicted molar refractivity (Wildman–Crippen MR) is 36.1 cm³/mol. The summed E-state index contributed by atoms with van der Waals surface area (Å²) in [6.45, 7) is 2.06. The molecular formula is C2H8O6P2Zn+2. The van der Waals surface area contributed by atoms with Crippen LogP contribution in [-0.4, -0.2) is 19.9 Å². The Labute approximate surface area is 75.0 Å². The first-order valence-electron chi connectivity index (χ1n) is 2.12. The first kappa shape index (κ1) is 17.6. The molecule has 4 N–H and O–H groups in total. The molecule has 62 valence electrons. The molecular weight excluding hydrogens is 247 g/mol. The van der Waals surface area contributed by atoms with Crippen LogP contribution in [-0.2, 0) is 31.3 Å². The van der Waals surface area contributed by atoms with Crippen LogP contribution >= 0.6 is 16.5 Å². The third kappa shape index (κ3) is 37.3. The van der Waals surface area contributed by atoms with E-state index in [1.807, 2.05) is 0 Å². The molecule has 0 aromatic rings. The van der Waals surface area contributed by atoms with Crippen LogP contribution in [0.1, 0.15) is 6.92 Å². The van der Waals surface area contributed by atoms with E-state index in [4.69, 9.17) is 9.79 Å². The maximum Gasteiger partial charge on any atom is 0.745 e. The summed E-state index contributed by atoms with van der Waals surface area (Å²) in [5.74, 6) is 0. The van der Waals surface area contributed by atoms with Crippen molar-refractivity contribution in [2.45, 2.75) is 6.92 Å². The summed E-state index contributed by atoms with van der Waals surface area (Å²) < 4.78 is 24.3. The molecule has 0 aromatic heterocycles. The molecule has 0 amide bonds. The SMILES string of the molecule is C[CH]=[Zn].O.O=[P+](O)O[P+](=O)O. The van der Waals surface area contributed by atoms with Crippen LogP contribution in [0, 0.1) is 0 Å². The molecule has 0 spiro atoms. The number of rotatable bonds is 2. The van der Waals surface area contributed by atoms with Crippen molar-refractivity contribution in [3.63, 3.8) is 0 Å². The van der Waals surface area contributed by atoms with E-state index in [1.54, 1.807) is 0 Å². The molecule has 2 atom stereocenters. The summed E-state index contributed by atoms with van der Waals surface area (Å²) in [6.07, 6.45) is 0. The average molecular weight is 255 g/mol. The van der Waals surface area contributed by atoms with Gasteiger partial charge in [-0.25, -0.2) is 0 Å². The second-order valence-corrected chi connectivity index (χ2v) is 4.28. The molecule has 0 aromatic carbocycles. The van der Waals surface area contributed by atoms with Crippen LogP contribution in [0.2, 0.25) is 0 Å².